The first kappa shape index (κ1) is 18.4. The van der Waals surface area contributed by atoms with Crippen LogP contribution in [0.25, 0.3) is 0 Å². The zero-order valence-electron chi connectivity index (χ0n) is 13.5. The Balaban J connectivity index is 2.69. The Morgan fingerprint density at radius 3 is 2.55 bits per heavy atom. The number of ether oxygens (including phenoxy) is 1. The third kappa shape index (κ3) is 5.31. The van der Waals surface area contributed by atoms with E-state index in [2.05, 4.69) is 5.32 Å². The molecule has 1 aromatic rings. The van der Waals surface area contributed by atoms with E-state index >= 15 is 0 Å². The molecule has 0 heterocycles. The average molecular weight is 328 g/mol. The smallest absolute Gasteiger partial charge is 0.235 e. The van der Waals surface area contributed by atoms with E-state index in [1.165, 1.54) is 4.31 Å². The SMILES string of the molecule is CCC(C)N(CC(=O)NCc1ccccc1OC)S(C)(=O)=O. The highest BCUT2D eigenvalue weighted by molar-refractivity contribution is 7.88. The largest absolute Gasteiger partial charge is 0.496 e. The van der Waals surface area contributed by atoms with Crippen LogP contribution < -0.4 is 10.1 Å². The Bertz CT molecular complexity index is 601. The van der Waals surface area contributed by atoms with Crippen molar-refractivity contribution in [2.75, 3.05) is 19.9 Å². The van der Waals surface area contributed by atoms with Gasteiger partial charge in [0.1, 0.15) is 5.75 Å². The van der Waals surface area contributed by atoms with Gasteiger partial charge in [-0.1, -0.05) is 25.1 Å². The van der Waals surface area contributed by atoms with Crippen molar-refractivity contribution in [2.24, 2.45) is 0 Å². The molecular weight excluding hydrogens is 304 g/mol. The van der Waals surface area contributed by atoms with Gasteiger partial charge in [-0.2, -0.15) is 4.31 Å². The summed E-state index contributed by atoms with van der Waals surface area (Å²) >= 11 is 0. The fourth-order valence-corrected chi connectivity index (χ4v) is 3.20. The Morgan fingerprint density at radius 1 is 1.36 bits per heavy atom. The first-order chi connectivity index (χ1) is 10.3. The lowest BCUT2D eigenvalue weighted by Crippen LogP contribution is -2.44. The van der Waals surface area contributed by atoms with E-state index in [0.717, 1.165) is 11.8 Å². The number of nitrogens with zero attached hydrogens (tertiary/aromatic N) is 1. The summed E-state index contributed by atoms with van der Waals surface area (Å²) in [6.45, 7) is 3.79. The van der Waals surface area contributed by atoms with Crippen LogP contribution in [0.5, 0.6) is 5.75 Å². The number of carbonyl (C=O) groups is 1. The molecule has 0 aliphatic rings. The zero-order chi connectivity index (χ0) is 16.8. The number of rotatable bonds is 8. The number of para-hydroxylation sites is 1. The second-order valence-corrected chi connectivity index (χ2v) is 7.09. The van der Waals surface area contributed by atoms with E-state index in [9.17, 15) is 13.2 Å². The maximum absolute atomic E-state index is 12.0. The van der Waals surface area contributed by atoms with Crippen LogP contribution in [-0.2, 0) is 21.4 Å². The van der Waals surface area contributed by atoms with Crippen molar-refractivity contribution in [3.63, 3.8) is 0 Å². The van der Waals surface area contributed by atoms with Gasteiger partial charge in [-0.15, -0.1) is 0 Å². The van der Waals surface area contributed by atoms with Gasteiger partial charge in [-0.3, -0.25) is 4.79 Å². The molecule has 22 heavy (non-hydrogen) atoms. The van der Waals surface area contributed by atoms with Crippen LogP contribution in [0.15, 0.2) is 24.3 Å². The van der Waals surface area contributed by atoms with Gasteiger partial charge in [-0.05, 0) is 19.4 Å². The highest BCUT2D eigenvalue weighted by atomic mass is 32.2. The summed E-state index contributed by atoms with van der Waals surface area (Å²) in [7, 11) is -1.85. The minimum Gasteiger partial charge on any atom is -0.496 e. The molecule has 0 saturated heterocycles. The topological polar surface area (TPSA) is 75.7 Å². The number of methoxy groups -OCH3 is 1. The van der Waals surface area contributed by atoms with Crippen LogP contribution in [0, 0.1) is 0 Å². The van der Waals surface area contributed by atoms with Crippen LogP contribution in [0.3, 0.4) is 0 Å². The van der Waals surface area contributed by atoms with Gasteiger partial charge in [0.05, 0.1) is 19.9 Å². The van der Waals surface area contributed by atoms with E-state index in [1.54, 1.807) is 14.0 Å². The third-order valence-corrected chi connectivity index (χ3v) is 4.82. The lowest BCUT2D eigenvalue weighted by Gasteiger charge is -2.25. The van der Waals surface area contributed by atoms with Crippen molar-refractivity contribution in [3.8, 4) is 5.75 Å². The summed E-state index contributed by atoms with van der Waals surface area (Å²) in [5.41, 5.74) is 0.841. The van der Waals surface area contributed by atoms with Gasteiger partial charge in [0, 0.05) is 18.2 Å². The molecular formula is C15H24N2O4S. The zero-order valence-corrected chi connectivity index (χ0v) is 14.3. The molecule has 1 atom stereocenters. The highest BCUT2D eigenvalue weighted by Crippen LogP contribution is 2.16. The summed E-state index contributed by atoms with van der Waals surface area (Å²) in [6, 6.07) is 7.14. The summed E-state index contributed by atoms with van der Waals surface area (Å²) in [5, 5.41) is 2.73. The molecule has 0 bridgehead atoms. The van der Waals surface area contributed by atoms with E-state index < -0.39 is 10.0 Å². The molecule has 1 aromatic carbocycles. The van der Waals surface area contributed by atoms with Crippen LogP contribution in [0.2, 0.25) is 0 Å². The van der Waals surface area contributed by atoms with E-state index in [4.69, 9.17) is 4.74 Å². The fourth-order valence-electron chi connectivity index (χ4n) is 2.04. The molecule has 6 nitrogen and oxygen atoms in total. The van der Waals surface area contributed by atoms with Gasteiger partial charge in [0.15, 0.2) is 0 Å². The van der Waals surface area contributed by atoms with Gasteiger partial charge >= 0.3 is 0 Å². The summed E-state index contributed by atoms with van der Waals surface area (Å²) < 4.78 is 30.0. The van der Waals surface area contributed by atoms with Crippen LogP contribution in [-0.4, -0.2) is 44.6 Å². The number of benzene rings is 1. The normalized spacial score (nSPS) is 13.0. The van der Waals surface area contributed by atoms with Crippen molar-refractivity contribution in [1.29, 1.82) is 0 Å². The lowest BCUT2D eigenvalue weighted by atomic mass is 10.2. The molecule has 7 heteroatoms. The Labute approximate surface area is 132 Å². The Kier molecular flexibility index (Phi) is 6.83. The van der Waals surface area contributed by atoms with Crippen LogP contribution >= 0.6 is 0 Å². The standard InChI is InChI=1S/C15H24N2O4S/c1-5-12(2)17(22(4,19)20)11-15(18)16-10-13-8-6-7-9-14(13)21-3/h6-9,12H,5,10-11H2,1-4H3,(H,16,18). The molecule has 0 aromatic heterocycles. The predicted molar refractivity (Wildman–Crippen MR) is 86.1 cm³/mol. The van der Waals surface area contributed by atoms with Crippen LogP contribution in [0.4, 0.5) is 0 Å². The summed E-state index contributed by atoms with van der Waals surface area (Å²) in [5.74, 6) is 0.348. The molecule has 0 spiro atoms. The second-order valence-electron chi connectivity index (χ2n) is 5.15. The van der Waals surface area contributed by atoms with E-state index in [0.29, 0.717) is 18.7 Å². The maximum atomic E-state index is 12.0. The third-order valence-electron chi connectivity index (χ3n) is 3.48. The Hall–Kier alpha value is -1.60. The second kappa shape index (κ2) is 8.14. The van der Waals surface area contributed by atoms with Gasteiger partial charge in [0.25, 0.3) is 0 Å². The maximum Gasteiger partial charge on any atom is 0.235 e. The van der Waals surface area contributed by atoms with Crippen molar-refractivity contribution in [3.05, 3.63) is 29.8 Å². The minimum atomic E-state index is -3.42. The highest BCUT2D eigenvalue weighted by Gasteiger charge is 2.24. The molecule has 1 N–H and O–H groups in total. The molecule has 0 aliphatic carbocycles. The molecule has 0 radical (unpaired) electrons. The molecule has 0 fully saturated rings. The molecule has 1 rings (SSSR count). The van der Waals surface area contributed by atoms with E-state index in [1.807, 2.05) is 31.2 Å². The molecule has 0 saturated carbocycles. The van der Waals surface area contributed by atoms with Crippen molar-refractivity contribution >= 4 is 15.9 Å². The first-order valence-corrected chi connectivity index (χ1v) is 8.99. The quantitative estimate of drug-likeness (QED) is 0.782. The Morgan fingerprint density at radius 2 is 2.00 bits per heavy atom. The number of hydrogen-bond acceptors (Lipinski definition) is 4. The van der Waals surface area contributed by atoms with Gasteiger partial charge < -0.3 is 10.1 Å². The molecule has 0 aliphatic heterocycles. The lowest BCUT2D eigenvalue weighted by molar-refractivity contribution is -0.121. The van der Waals surface area contributed by atoms with Gasteiger partial charge in [-0.25, -0.2) is 8.42 Å². The number of hydrogen-bond donors (Lipinski definition) is 1. The fraction of sp³-hybridized carbons (Fsp3) is 0.533. The van der Waals surface area contributed by atoms with Crippen LogP contribution in [0.1, 0.15) is 25.8 Å². The van der Waals surface area contributed by atoms with Crippen molar-refractivity contribution < 1.29 is 17.9 Å². The summed E-state index contributed by atoms with van der Waals surface area (Å²) in [6.07, 6.45) is 1.76. The minimum absolute atomic E-state index is 0.178. The van der Waals surface area contributed by atoms with E-state index in [-0.39, 0.29) is 18.5 Å². The number of carbonyl (C=O) groups excluding carboxylic acids is 1. The predicted octanol–water partition coefficient (Wildman–Crippen LogP) is 1.37. The van der Waals surface area contributed by atoms with Crippen molar-refractivity contribution in [1.82, 2.24) is 9.62 Å². The molecule has 1 unspecified atom stereocenters. The number of sulfonamides is 1. The first-order valence-electron chi connectivity index (χ1n) is 7.15. The summed E-state index contributed by atoms with van der Waals surface area (Å²) in [4.78, 5) is 12.0. The monoisotopic (exact) mass is 328 g/mol. The molecule has 124 valence electrons. The average Bonchev–Trinajstić information content (AvgIpc) is 2.48. The van der Waals surface area contributed by atoms with Crippen molar-refractivity contribution in [2.45, 2.75) is 32.9 Å². The number of amides is 1. The molecule has 1 amide bonds. The number of nitrogens with one attached hydrogen (secondary N) is 1. The van der Waals surface area contributed by atoms with Gasteiger partial charge in [0.2, 0.25) is 15.9 Å².